The number of hydrogen-bond acceptors (Lipinski definition) is 1. The van der Waals surface area contributed by atoms with E-state index in [-0.39, 0.29) is 0 Å². The quantitative estimate of drug-likeness (QED) is 0.504. The minimum atomic E-state index is -1.24. The van der Waals surface area contributed by atoms with Crippen LogP contribution in [-0.2, 0) is 0 Å². The molecule has 90 valence electrons. The minimum Gasteiger partial charge on any atom is -0.333 e. The van der Waals surface area contributed by atoms with Gasteiger partial charge in [0.2, 0.25) is 0 Å². The first-order valence-electron chi connectivity index (χ1n) is 7.01. The maximum absolute atomic E-state index is 4.96. The van der Waals surface area contributed by atoms with E-state index in [1.165, 1.54) is 19.3 Å². The zero-order chi connectivity index (χ0) is 11.4. The second kappa shape index (κ2) is 3.44. The van der Waals surface area contributed by atoms with E-state index in [1.54, 1.807) is 19.3 Å². The zero-order valence-corrected chi connectivity index (χ0v) is 12.0. The van der Waals surface area contributed by atoms with Crippen molar-refractivity contribution in [3.8, 4) is 0 Å². The summed E-state index contributed by atoms with van der Waals surface area (Å²) in [5.41, 5.74) is 0.551. The first-order chi connectivity index (χ1) is 7.44. The molecule has 0 aliphatic heterocycles. The van der Waals surface area contributed by atoms with Crippen LogP contribution in [0.5, 0.6) is 0 Å². The fourth-order valence-electron chi connectivity index (χ4n) is 4.67. The van der Waals surface area contributed by atoms with Gasteiger partial charge in [-0.15, -0.1) is 0 Å². The SMILES string of the molecule is C[Si](C)(C)/N=C/C12CC3CC(CC(C3)C1)C2. The summed E-state index contributed by atoms with van der Waals surface area (Å²) in [7, 11) is -1.24. The molecule has 0 amide bonds. The Labute approximate surface area is 101 Å². The van der Waals surface area contributed by atoms with Gasteiger partial charge in [-0.25, -0.2) is 0 Å². The molecule has 0 aromatic rings. The van der Waals surface area contributed by atoms with Gasteiger partial charge in [-0.2, -0.15) is 0 Å². The summed E-state index contributed by atoms with van der Waals surface area (Å²) in [5, 5.41) is 0. The number of nitrogens with zero attached hydrogens (tertiary/aromatic N) is 1. The molecule has 4 bridgehead atoms. The average Bonchev–Trinajstić information content (AvgIpc) is 2.11. The van der Waals surface area contributed by atoms with Crippen molar-refractivity contribution in [2.24, 2.45) is 27.8 Å². The Morgan fingerprint density at radius 1 is 0.938 bits per heavy atom. The van der Waals surface area contributed by atoms with E-state index in [4.69, 9.17) is 4.66 Å². The van der Waals surface area contributed by atoms with Crippen LogP contribution in [0.25, 0.3) is 0 Å². The maximum atomic E-state index is 4.96. The minimum absolute atomic E-state index is 0.551. The molecule has 4 saturated carbocycles. The normalized spacial score (nSPS) is 46.8. The predicted octanol–water partition coefficient (Wildman–Crippen LogP) is 4.11. The van der Waals surface area contributed by atoms with Gasteiger partial charge in [0.1, 0.15) is 0 Å². The molecule has 4 fully saturated rings. The predicted molar refractivity (Wildman–Crippen MR) is 72.4 cm³/mol. The molecule has 0 unspecified atom stereocenters. The molecular formula is C14H25NSi. The Hall–Kier alpha value is -0.113. The van der Waals surface area contributed by atoms with E-state index >= 15 is 0 Å². The van der Waals surface area contributed by atoms with E-state index in [1.807, 2.05) is 0 Å². The van der Waals surface area contributed by atoms with Crippen LogP contribution in [-0.4, -0.2) is 14.5 Å². The van der Waals surface area contributed by atoms with Gasteiger partial charge >= 0.3 is 0 Å². The summed E-state index contributed by atoms with van der Waals surface area (Å²) in [5.74, 6) is 3.16. The second-order valence-corrected chi connectivity index (χ2v) is 12.3. The third-order valence-electron chi connectivity index (χ3n) is 4.81. The lowest BCUT2D eigenvalue weighted by molar-refractivity contribution is -0.00953. The zero-order valence-electron chi connectivity index (χ0n) is 11.0. The van der Waals surface area contributed by atoms with Gasteiger partial charge in [0.15, 0.2) is 8.24 Å². The van der Waals surface area contributed by atoms with Crippen molar-refractivity contribution in [3.63, 3.8) is 0 Å². The van der Waals surface area contributed by atoms with Crippen LogP contribution in [0.4, 0.5) is 0 Å². The second-order valence-electron chi connectivity index (χ2n) is 7.71. The molecule has 0 heterocycles. The highest BCUT2D eigenvalue weighted by atomic mass is 28.3. The smallest absolute Gasteiger partial charge is 0.171 e. The molecule has 4 aliphatic carbocycles. The molecule has 4 aliphatic rings. The van der Waals surface area contributed by atoms with E-state index < -0.39 is 8.24 Å². The fourth-order valence-corrected chi connectivity index (χ4v) is 5.33. The van der Waals surface area contributed by atoms with Crippen molar-refractivity contribution in [2.75, 3.05) is 0 Å². The van der Waals surface area contributed by atoms with Crippen LogP contribution in [0.15, 0.2) is 4.66 Å². The Morgan fingerprint density at radius 2 is 1.38 bits per heavy atom. The molecule has 0 saturated heterocycles. The lowest BCUT2D eigenvalue weighted by atomic mass is 9.50. The highest BCUT2D eigenvalue weighted by molar-refractivity contribution is 6.75. The van der Waals surface area contributed by atoms with Crippen molar-refractivity contribution in [1.82, 2.24) is 0 Å². The Balaban J connectivity index is 1.81. The molecular weight excluding hydrogens is 210 g/mol. The van der Waals surface area contributed by atoms with Crippen LogP contribution in [0.2, 0.25) is 19.6 Å². The average molecular weight is 235 g/mol. The monoisotopic (exact) mass is 235 g/mol. The summed E-state index contributed by atoms with van der Waals surface area (Å²) < 4.78 is 4.96. The Morgan fingerprint density at radius 3 is 1.75 bits per heavy atom. The van der Waals surface area contributed by atoms with Crippen LogP contribution in [0.1, 0.15) is 38.5 Å². The summed E-state index contributed by atoms with van der Waals surface area (Å²) in [6.45, 7) is 7.05. The third-order valence-corrected chi connectivity index (χ3v) is 5.72. The first kappa shape index (κ1) is 11.0. The van der Waals surface area contributed by atoms with Crippen LogP contribution in [0, 0.1) is 23.2 Å². The molecule has 16 heavy (non-hydrogen) atoms. The van der Waals surface area contributed by atoms with E-state index in [9.17, 15) is 0 Å². The van der Waals surface area contributed by atoms with Crippen LogP contribution in [0.3, 0.4) is 0 Å². The molecule has 0 spiro atoms. The topological polar surface area (TPSA) is 12.4 Å². The van der Waals surface area contributed by atoms with E-state index in [0.717, 1.165) is 17.8 Å². The maximum Gasteiger partial charge on any atom is 0.171 e. The molecule has 2 heteroatoms. The summed E-state index contributed by atoms with van der Waals surface area (Å²) in [6, 6.07) is 0. The fraction of sp³-hybridized carbons (Fsp3) is 0.929. The molecule has 4 rings (SSSR count). The van der Waals surface area contributed by atoms with Crippen molar-refractivity contribution in [2.45, 2.75) is 58.2 Å². The van der Waals surface area contributed by atoms with E-state index in [0.29, 0.717) is 5.41 Å². The van der Waals surface area contributed by atoms with Gasteiger partial charge in [0.05, 0.1) is 0 Å². The lowest BCUT2D eigenvalue weighted by Crippen LogP contribution is -2.47. The molecule has 0 radical (unpaired) electrons. The Bertz CT molecular complexity index is 278. The van der Waals surface area contributed by atoms with Gasteiger partial charge in [-0.1, -0.05) is 0 Å². The van der Waals surface area contributed by atoms with Gasteiger partial charge in [-0.3, -0.25) is 0 Å². The van der Waals surface area contributed by atoms with Crippen LogP contribution < -0.4 is 0 Å². The lowest BCUT2D eigenvalue weighted by Gasteiger charge is -2.55. The van der Waals surface area contributed by atoms with Gasteiger partial charge in [0, 0.05) is 5.41 Å². The molecule has 0 aromatic carbocycles. The standard InChI is InChI=1S/C14H25NSi/c1-16(2,3)15-10-14-7-11-4-12(8-14)6-13(5-11)9-14/h10-13H,4-9H2,1-3H3/b15-10+. The molecule has 0 aromatic heterocycles. The summed E-state index contributed by atoms with van der Waals surface area (Å²) >= 11 is 0. The van der Waals surface area contributed by atoms with Crippen molar-refractivity contribution < 1.29 is 0 Å². The highest BCUT2D eigenvalue weighted by Gasteiger charge is 2.50. The van der Waals surface area contributed by atoms with Crippen molar-refractivity contribution >= 4 is 14.5 Å². The van der Waals surface area contributed by atoms with Crippen molar-refractivity contribution in [1.29, 1.82) is 0 Å². The number of rotatable bonds is 2. The largest absolute Gasteiger partial charge is 0.333 e. The third kappa shape index (κ3) is 2.01. The summed E-state index contributed by atoms with van der Waals surface area (Å²) in [4.78, 5) is 0. The molecule has 1 nitrogen and oxygen atoms in total. The first-order valence-corrected chi connectivity index (χ1v) is 10.5. The molecule has 0 N–H and O–H groups in total. The number of hydrogen-bond donors (Lipinski definition) is 0. The van der Waals surface area contributed by atoms with E-state index in [2.05, 4.69) is 25.9 Å². The van der Waals surface area contributed by atoms with Crippen LogP contribution >= 0.6 is 0 Å². The summed E-state index contributed by atoms with van der Waals surface area (Å²) in [6.07, 6.45) is 11.5. The highest BCUT2D eigenvalue weighted by Crippen LogP contribution is 2.59. The van der Waals surface area contributed by atoms with Gasteiger partial charge < -0.3 is 4.66 Å². The van der Waals surface area contributed by atoms with Gasteiger partial charge in [-0.05, 0) is 82.1 Å². The Kier molecular flexibility index (Phi) is 2.37. The molecule has 0 atom stereocenters. The van der Waals surface area contributed by atoms with Gasteiger partial charge in [0.25, 0.3) is 0 Å². The van der Waals surface area contributed by atoms with Crippen molar-refractivity contribution in [3.05, 3.63) is 0 Å².